The second-order valence-electron chi connectivity index (χ2n) is 4.76. The average molecular weight is 300 g/mol. The van der Waals surface area contributed by atoms with Crippen molar-refractivity contribution in [1.29, 1.82) is 0 Å². The molecule has 1 aliphatic heterocycles. The molecule has 1 aliphatic rings. The first-order chi connectivity index (χ1) is 10.1. The Morgan fingerprint density at radius 2 is 2.29 bits per heavy atom. The Bertz CT molecular complexity index is 523. The summed E-state index contributed by atoms with van der Waals surface area (Å²) in [6.07, 6.45) is -1.53. The van der Waals surface area contributed by atoms with Gasteiger partial charge >= 0.3 is 5.69 Å². The van der Waals surface area contributed by atoms with Crippen molar-refractivity contribution in [3.63, 3.8) is 0 Å². The fourth-order valence-electron chi connectivity index (χ4n) is 2.20. The maximum atomic E-state index is 11.9. The van der Waals surface area contributed by atoms with Crippen LogP contribution in [0.1, 0.15) is 12.6 Å². The smallest absolute Gasteiger partial charge is 0.351 e. The third-order valence-corrected chi connectivity index (χ3v) is 3.28. The van der Waals surface area contributed by atoms with E-state index in [1.165, 1.54) is 16.8 Å². The van der Waals surface area contributed by atoms with E-state index < -0.39 is 30.2 Å². The van der Waals surface area contributed by atoms with Gasteiger partial charge in [-0.05, 0) is 19.0 Å². The highest BCUT2D eigenvalue weighted by Gasteiger charge is 2.45. The molecular weight excluding hydrogens is 280 g/mol. The van der Waals surface area contributed by atoms with E-state index in [9.17, 15) is 15.0 Å². The molecule has 118 valence electrons. The molecule has 9 nitrogen and oxygen atoms in total. The van der Waals surface area contributed by atoms with E-state index in [0.29, 0.717) is 19.6 Å². The zero-order valence-corrected chi connectivity index (χ0v) is 11.5. The molecule has 6 N–H and O–H groups in total. The van der Waals surface area contributed by atoms with Gasteiger partial charge in [-0.2, -0.15) is 4.98 Å². The predicted octanol–water partition coefficient (Wildman–Crippen LogP) is -2.19. The Morgan fingerprint density at radius 3 is 2.90 bits per heavy atom. The van der Waals surface area contributed by atoms with Crippen molar-refractivity contribution in [3.8, 4) is 0 Å². The van der Waals surface area contributed by atoms with Crippen LogP contribution in [0.2, 0.25) is 0 Å². The summed E-state index contributed by atoms with van der Waals surface area (Å²) in [5.74, 6) is 0.0918. The summed E-state index contributed by atoms with van der Waals surface area (Å²) < 4.78 is 12.2. The highest BCUT2D eigenvalue weighted by Crippen LogP contribution is 2.30. The number of nitrogens with zero attached hydrogens (tertiary/aromatic N) is 2. The molecule has 1 fully saturated rings. The number of aromatic nitrogens is 2. The van der Waals surface area contributed by atoms with E-state index in [1.54, 1.807) is 0 Å². The average Bonchev–Trinajstić information content (AvgIpc) is 2.76. The van der Waals surface area contributed by atoms with Crippen LogP contribution in [0.15, 0.2) is 17.1 Å². The summed E-state index contributed by atoms with van der Waals surface area (Å²) in [6.45, 7) is 0.375. The first kappa shape index (κ1) is 15.9. The van der Waals surface area contributed by atoms with Crippen LogP contribution >= 0.6 is 0 Å². The van der Waals surface area contributed by atoms with Crippen molar-refractivity contribution >= 4 is 5.82 Å². The van der Waals surface area contributed by atoms with Gasteiger partial charge in [-0.15, -0.1) is 0 Å². The molecule has 1 saturated heterocycles. The predicted molar refractivity (Wildman–Crippen MR) is 73.3 cm³/mol. The lowest BCUT2D eigenvalue weighted by Crippen LogP contribution is -2.38. The molecule has 9 heteroatoms. The van der Waals surface area contributed by atoms with Gasteiger partial charge in [-0.25, -0.2) is 4.79 Å². The van der Waals surface area contributed by atoms with Gasteiger partial charge in [0, 0.05) is 12.8 Å². The van der Waals surface area contributed by atoms with E-state index in [-0.39, 0.29) is 12.4 Å². The Balaban J connectivity index is 2.23. The molecule has 0 amide bonds. The van der Waals surface area contributed by atoms with Gasteiger partial charge in [-0.1, -0.05) is 0 Å². The van der Waals surface area contributed by atoms with Crippen LogP contribution in [-0.2, 0) is 9.47 Å². The summed E-state index contributed by atoms with van der Waals surface area (Å²) >= 11 is 0. The van der Waals surface area contributed by atoms with Crippen molar-refractivity contribution in [2.45, 2.75) is 31.0 Å². The van der Waals surface area contributed by atoms with Gasteiger partial charge in [0.25, 0.3) is 0 Å². The van der Waals surface area contributed by atoms with E-state index >= 15 is 0 Å². The number of hydrogen-bond acceptors (Lipinski definition) is 8. The van der Waals surface area contributed by atoms with Crippen LogP contribution in [0, 0.1) is 0 Å². The monoisotopic (exact) mass is 300 g/mol. The van der Waals surface area contributed by atoms with Crippen molar-refractivity contribution in [2.75, 3.05) is 25.5 Å². The third kappa shape index (κ3) is 3.39. The lowest BCUT2D eigenvalue weighted by Gasteiger charge is -2.22. The van der Waals surface area contributed by atoms with E-state index in [1.807, 2.05) is 0 Å². The minimum Gasteiger partial charge on any atom is -0.394 e. The Hall–Kier alpha value is -1.52. The second-order valence-corrected chi connectivity index (χ2v) is 4.76. The molecule has 1 aromatic rings. The molecule has 21 heavy (non-hydrogen) atoms. The Kier molecular flexibility index (Phi) is 5.26. The zero-order valence-electron chi connectivity index (χ0n) is 11.5. The Morgan fingerprint density at radius 1 is 1.52 bits per heavy atom. The van der Waals surface area contributed by atoms with Crippen LogP contribution in [0.4, 0.5) is 5.82 Å². The number of ether oxygens (including phenoxy) is 2. The zero-order chi connectivity index (χ0) is 15.4. The van der Waals surface area contributed by atoms with Gasteiger partial charge in [0.1, 0.15) is 24.1 Å². The summed E-state index contributed by atoms with van der Waals surface area (Å²) in [6, 6.07) is 1.44. The standard InChI is InChI=1S/C12H20N4O5/c13-3-1-5-20-10-9(18)7(6-17)21-11(10)16-4-2-8(14)15-12(16)19/h2,4,7,9-11,17-18H,1,3,5-6,13H2,(H2,14,15,19)/t7-,9?,10?,11-/m1/s1. The van der Waals surface area contributed by atoms with Crippen molar-refractivity contribution in [2.24, 2.45) is 5.73 Å². The Labute approximate surface area is 121 Å². The molecule has 0 spiro atoms. The van der Waals surface area contributed by atoms with E-state index in [0.717, 1.165) is 0 Å². The molecular formula is C12H20N4O5. The molecule has 0 aromatic carbocycles. The van der Waals surface area contributed by atoms with Gasteiger partial charge < -0.3 is 31.2 Å². The number of nitrogen functional groups attached to an aromatic ring is 1. The minimum absolute atomic E-state index is 0.0918. The van der Waals surface area contributed by atoms with Crippen molar-refractivity contribution < 1.29 is 19.7 Å². The first-order valence-electron chi connectivity index (χ1n) is 6.69. The first-order valence-corrected chi connectivity index (χ1v) is 6.69. The van der Waals surface area contributed by atoms with Gasteiger partial charge in [-0.3, -0.25) is 4.57 Å². The van der Waals surface area contributed by atoms with E-state index in [2.05, 4.69) is 4.98 Å². The summed E-state index contributed by atoms with van der Waals surface area (Å²) in [7, 11) is 0. The fraction of sp³-hybridized carbons (Fsp3) is 0.667. The molecule has 0 aliphatic carbocycles. The number of aliphatic hydroxyl groups excluding tert-OH is 2. The minimum atomic E-state index is -1.05. The topological polar surface area (TPSA) is 146 Å². The number of rotatable bonds is 6. The summed E-state index contributed by atoms with van der Waals surface area (Å²) in [5, 5.41) is 19.3. The van der Waals surface area contributed by atoms with Crippen LogP contribution in [-0.4, -0.2) is 57.8 Å². The lowest BCUT2D eigenvalue weighted by molar-refractivity contribution is -0.0743. The molecule has 1 aromatic heterocycles. The third-order valence-electron chi connectivity index (χ3n) is 3.28. The SMILES string of the molecule is NCCCOC1C(O)[C@@H](CO)O[C@H]1n1ccc(N)nc1=O. The van der Waals surface area contributed by atoms with Crippen molar-refractivity contribution in [1.82, 2.24) is 9.55 Å². The van der Waals surface area contributed by atoms with E-state index in [4.69, 9.17) is 20.9 Å². The van der Waals surface area contributed by atoms with Crippen LogP contribution in [0.3, 0.4) is 0 Å². The fourth-order valence-corrected chi connectivity index (χ4v) is 2.20. The highest BCUT2D eigenvalue weighted by molar-refractivity contribution is 5.23. The number of nitrogens with two attached hydrogens (primary N) is 2. The van der Waals surface area contributed by atoms with Crippen LogP contribution in [0.5, 0.6) is 0 Å². The molecule has 2 rings (SSSR count). The maximum absolute atomic E-state index is 11.9. The molecule has 0 radical (unpaired) electrons. The van der Waals surface area contributed by atoms with Gasteiger partial charge in [0.05, 0.1) is 6.61 Å². The normalized spacial score (nSPS) is 28.9. The van der Waals surface area contributed by atoms with Gasteiger partial charge in [0.2, 0.25) is 0 Å². The second kappa shape index (κ2) is 6.96. The molecule has 0 saturated carbocycles. The highest BCUT2D eigenvalue weighted by atomic mass is 16.6. The van der Waals surface area contributed by atoms with Gasteiger partial charge in [0.15, 0.2) is 6.23 Å². The molecule has 4 atom stereocenters. The number of hydrogen-bond donors (Lipinski definition) is 4. The van der Waals surface area contributed by atoms with Crippen LogP contribution in [0.25, 0.3) is 0 Å². The number of anilines is 1. The van der Waals surface area contributed by atoms with Crippen LogP contribution < -0.4 is 17.2 Å². The maximum Gasteiger partial charge on any atom is 0.351 e. The van der Waals surface area contributed by atoms with Crippen molar-refractivity contribution in [3.05, 3.63) is 22.7 Å². The molecule has 2 unspecified atom stereocenters. The molecule has 0 bridgehead atoms. The lowest BCUT2D eigenvalue weighted by atomic mass is 10.1. The number of aliphatic hydroxyl groups is 2. The summed E-state index contributed by atoms with van der Waals surface area (Å²) in [5.41, 5.74) is 10.2. The summed E-state index contributed by atoms with van der Waals surface area (Å²) in [4.78, 5) is 15.5. The quantitative estimate of drug-likeness (QED) is 0.433. The molecule has 2 heterocycles. The largest absolute Gasteiger partial charge is 0.394 e.